The number of nitrogens with zero attached hydrogens (tertiary/aromatic N) is 3. The van der Waals surface area contributed by atoms with Crippen LogP contribution < -0.4 is 5.32 Å². The number of hydrogen-bond acceptors (Lipinski definition) is 5. The number of nitrogens with one attached hydrogen (secondary N) is 1. The molecule has 1 aromatic carbocycles. The molecule has 0 saturated carbocycles. The van der Waals surface area contributed by atoms with Crippen LogP contribution >= 0.6 is 0 Å². The van der Waals surface area contributed by atoms with Gasteiger partial charge in [0.1, 0.15) is 0 Å². The molecule has 1 unspecified atom stereocenters. The summed E-state index contributed by atoms with van der Waals surface area (Å²) in [5.41, 5.74) is 0.209. The molecule has 2 aromatic rings. The van der Waals surface area contributed by atoms with Crippen LogP contribution in [0.15, 0.2) is 22.7 Å². The summed E-state index contributed by atoms with van der Waals surface area (Å²) in [7, 11) is 1.99. The van der Waals surface area contributed by atoms with Crippen molar-refractivity contribution in [3.05, 3.63) is 47.1 Å². The number of halogens is 2. The molecule has 1 atom stereocenters. The Morgan fingerprint density at radius 3 is 3.10 bits per heavy atom. The number of rotatable bonds is 3. The summed E-state index contributed by atoms with van der Waals surface area (Å²) >= 11 is 0. The predicted molar refractivity (Wildman–Crippen MR) is 71.7 cm³/mol. The van der Waals surface area contributed by atoms with Crippen LogP contribution in [-0.2, 0) is 6.42 Å². The van der Waals surface area contributed by atoms with Crippen LogP contribution in [0, 0.1) is 11.6 Å². The van der Waals surface area contributed by atoms with Gasteiger partial charge in [-0.1, -0.05) is 17.3 Å². The highest BCUT2D eigenvalue weighted by Gasteiger charge is 2.25. The molecule has 1 aromatic heterocycles. The molecule has 7 heteroatoms. The van der Waals surface area contributed by atoms with E-state index in [1.54, 1.807) is 0 Å². The Kier molecular flexibility index (Phi) is 3.94. The van der Waals surface area contributed by atoms with Crippen LogP contribution in [0.4, 0.5) is 8.78 Å². The molecule has 1 saturated heterocycles. The van der Waals surface area contributed by atoms with Crippen LogP contribution in [-0.4, -0.2) is 41.7 Å². The van der Waals surface area contributed by atoms with E-state index in [9.17, 15) is 8.78 Å². The zero-order valence-corrected chi connectivity index (χ0v) is 11.6. The summed E-state index contributed by atoms with van der Waals surface area (Å²) in [6.07, 6.45) is 0.0838. The first-order valence-electron chi connectivity index (χ1n) is 6.81. The fourth-order valence-corrected chi connectivity index (χ4v) is 2.42. The normalized spacial score (nSPS) is 19.9. The van der Waals surface area contributed by atoms with E-state index in [0.29, 0.717) is 5.82 Å². The first-order valence-corrected chi connectivity index (χ1v) is 6.81. The van der Waals surface area contributed by atoms with E-state index in [1.165, 1.54) is 12.1 Å². The van der Waals surface area contributed by atoms with Crippen molar-refractivity contribution in [2.75, 3.05) is 26.7 Å². The van der Waals surface area contributed by atoms with Crippen molar-refractivity contribution in [3.63, 3.8) is 0 Å². The molecule has 0 amide bonds. The van der Waals surface area contributed by atoms with Crippen molar-refractivity contribution in [2.45, 2.75) is 12.5 Å². The lowest BCUT2D eigenvalue weighted by atomic mass is 10.1. The smallest absolute Gasteiger partial charge is 0.231 e. The number of piperazine rings is 1. The van der Waals surface area contributed by atoms with Crippen LogP contribution in [0.5, 0.6) is 0 Å². The van der Waals surface area contributed by atoms with E-state index in [-0.39, 0.29) is 23.9 Å². The molecule has 1 aliphatic heterocycles. The molecule has 0 bridgehead atoms. The molecule has 21 heavy (non-hydrogen) atoms. The molecule has 2 heterocycles. The number of likely N-dealkylation sites (N-methyl/N-ethyl adjacent to an activating group) is 1. The highest BCUT2D eigenvalue weighted by Crippen LogP contribution is 2.20. The fraction of sp³-hybridized carbons (Fsp3) is 0.429. The van der Waals surface area contributed by atoms with Crippen molar-refractivity contribution in [2.24, 2.45) is 0 Å². The molecule has 0 spiro atoms. The second-order valence-electron chi connectivity index (χ2n) is 5.14. The Bertz CT molecular complexity index is 631. The second kappa shape index (κ2) is 5.87. The maximum atomic E-state index is 13.6. The van der Waals surface area contributed by atoms with Gasteiger partial charge >= 0.3 is 0 Å². The van der Waals surface area contributed by atoms with E-state index in [0.717, 1.165) is 25.7 Å². The molecular weight excluding hydrogens is 278 g/mol. The summed E-state index contributed by atoms with van der Waals surface area (Å²) in [6, 6.07) is 4.09. The highest BCUT2D eigenvalue weighted by atomic mass is 19.2. The second-order valence-corrected chi connectivity index (χ2v) is 5.14. The van der Waals surface area contributed by atoms with E-state index >= 15 is 0 Å². The Labute approximate surface area is 120 Å². The van der Waals surface area contributed by atoms with Gasteiger partial charge in [0.15, 0.2) is 17.5 Å². The fourth-order valence-electron chi connectivity index (χ4n) is 2.42. The van der Waals surface area contributed by atoms with Gasteiger partial charge in [0.25, 0.3) is 0 Å². The molecule has 3 rings (SSSR count). The summed E-state index contributed by atoms with van der Waals surface area (Å²) in [6.45, 7) is 2.56. The largest absolute Gasteiger partial charge is 0.339 e. The number of hydrogen-bond donors (Lipinski definition) is 1. The van der Waals surface area contributed by atoms with Crippen molar-refractivity contribution in [1.29, 1.82) is 0 Å². The molecule has 1 aliphatic rings. The minimum Gasteiger partial charge on any atom is -0.339 e. The van der Waals surface area contributed by atoms with E-state index in [4.69, 9.17) is 4.52 Å². The third-order valence-electron chi connectivity index (χ3n) is 3.67. The van der Waals surface area contributed by atoms with Gasteiger partial charge in [-0.05, 0) is 13.1 Å². The van der Waals surface area contributed by atoms with Crippen LogP contribution in [0.1, 0.15) is 23.3 Å². The lowest BCUT2D eigenvalue weighted by molar-refractivity contribution is 0.190. The Morgan fingerprint density at radius 2 is 2.29 bits per heavy atom. The van der Waals surface area contributed by atoms with Crippen LogP contribution in [0.25, 0.3) is 0 Å². The van der Waals surface area contributed by atoms with Gasteiger partial charge in [-0.2, -0.15) is 4.98 Å². The van der Waals surface area contributed by atoms with Crippen molar-refractivity contribution >= 4 is 0 Å². The lowest BCUT2D eigenvalue weighted by Gasteiger charge is -2.30. The molecule has 112 valence electrons. The molecule has 1 N–H and O–H groups in total. The summed E-state index contributed by atoms with van der Waals surface area (Å²) in [5, 5.41) is 7.22. The van der Waals surface area contributed by atoms with Gasteiger partial charge in [-0.3, -0.25) is 4.90 Å². The van der Waals surface area contributed by atoms with Crippen LogP contribution in [0.3, 0.4) is 0 Å². The predicted octanol–water partition coefficient (Wildman–Crippen LogP) is 1.51. The molecule has 1 fully saturated rings. The number of benzene rings is 1. The monoisotopic (exact) mass is 294 g/mol. The zero-order valence-electron chi connectivity index (χ0n) is 11.6. The zero-order chi connectivity index (χ0) is 14.8. The van der Waals surface area contributed by atoms with Gasteiger partial charge in [0.2, 0.25) is 5.89 Å². The van der Waals surface area contributed by atoms with E-state index in [1.807, 2.05) is 7.05 Å². The van der Waals surface area contributed by atoms with Crippen molar-refractivity contribution < 1.29 is 13.3 Å². The average molecular weight is 294 g/mol. The van der Waals surface area contributed by atoms with Gasteiger partial charge < -0.3 is 9.84 Å². The van der Waals surface area contributed by atoms with Crippen molar-refractivity contribution in [1.82, 2.24) is 20.4 Å². The first-order chi connectivity index (χ1) is 10.1. The van der Waals surface area contributed by atoms with E-state index < -0.39 is 11.6 Å². The van der Waals surface area contributed by atoms with Crippen LogP contribution in [0.2, 0.25) is 0 Å². The quantitative estimate of drug-likeness (QED) is 0.930. The molecule has 5 nitrogen and oxygen atoms in total. The Hall–Kier alpha value is -1.86. The number of aromatic nitrogens is 2. The third-order valence-corrected chi connectivity index (χ3v) is 3.67. The molecule has 0 aliphatic carbocycles. The molecular formula is C14H16F2N4O. The molecule has 0 radical (unpaired) electrons. The highest BCUT2D eigenvalue weighted by molar-refractivity contribution is 5.21. The first kappa shape index (κ1) is 14.1. The lowest BCUT2D eigenvalue weighted by Crippen LogP contribution is -2.44. The summed E-state index contributed by atoms with van der Waals surface area (Å²) in [5.74, 6) is -0.887. The average Bonchev–Trinajstić information content (AvgIpc) is 2.93. The van der Waals surface area contributed by atoms with Crippen molar-refractivity contribution in [3.8, 4) is 0 Å². The minimum absolute atomic E-state index is 0.0357. The van der Waals surface area contributed by atoms with Gasteiger partial charge in [0.05, 0.1) is 12.5 Å². The van der Waals surface area contributed by atoms with E-state index in [2.05, 4.69) is 20.4 Å². The topological polar surface area (TPSA) is 54.2 Å². The SMILES string of the molecule is CN1CCNCC1c1noc(Cc2cccc(F)c2F)n1. The summed E-state index contributed by atoms with van der Waals surface area (Å²) in [4.78, 5) is 6.43. The Morgan fingerprint density at radius 1 is 1.43 bits per heavy atom. The van der Waals surface area contributed by atoms with Gasteiger partial charge in [0, 0.05) is 25.2 Å². The minimum atomic E-state index is -0.872. The standard InChI is InChI=1S/C14H16F2N4O/c1-20-6-5-17-8-11(20)14-18-12(21-19-14)7-9-3-2-4-10(15)13(9)16/h2-4,11,17H,5-8H2,1H3. The Balaban J connectivity index is 1.77. The maximum absolute atomic E-state index is 13.6. The third kappa shape index (κ3) is 2.93. The summed E-state index contributed by atoms with van der Waals surface area (Å²) < 4.78 is 32.0. The maximum Gasteiger partial charge on any atom is 0.231 e. The van der Waals surface area contributed by atoms with Gasteiger partial charge in [-0.15, -0.1) is 0 Å². The van der Waals surface area contributed by atoms with Gasteiger partial charge in [-0.25, -0.2) is 8.78 Å².